The molecule has 0 spiro atoms. The van der Waals surface area contributed by atoms with Crippen LogP contribution in [0.3, 0.4) is 0 Å². The van der Waals surface area contributed by atoms with Gasteiger partial charge < -0.3 is 14.5 Å². The first-order chi connectivity index (χ1) is 9.65. The Morgan fingerprint density at radius 2 is 0.810 bits per heavy atom. The second-order valence-corrected chi connectivity index (χ2v) is 3.48. The van der Waals surface area contributed by atoms with Gasteiger partial charge in [-0.2, -0.15) is 0 Å². The predicted octanol–water partition coefficient (Wildman–Crippen LogP) is -3.90. The van der Waals surface area contributed by atoms with Gasteiger partial charge in [0.25, 0.3) is 0 Å². The van der Waals surface area contributed by atoms with E-state index in [1.165, 1.54) is 0 Å². The van der Waals surface area contributed by atoms with Gasteiger partial charge in [-0.05, 0) is 0 Å². The lowest BCUT2D eigenvalue weighted by Crippen LogP contribution is -2.60. The number of rotatable bonds is 3. The van der Waals surface area contributed by atoms with Gasteiger partial charge in [-0.25, -0.2) is 28.8 Å². The van der Waals surface area contributed by atoms with E-state index in [1.54, 1.807) is 0 Å². The Hall–Kier alpha value is -3.18. The smallest absolute Gasteiger partial charge is 0.327 e. The van der Waals surface area contributed by atoms with Gasteiger partial charge in [0.15, 0.2) is 0 Å². The highest BCUT2D eigenvalue weighted by atomic mass is 16.8. The Balaban J connectivity index is 3.73. The molecule has 114 valence electrons. The minimum Gasteiger partial charge on any atom is -0.327 e. The number of nitrogens with zero attached hydrogens (tertiary/aromatic N) is 3. The van der Waals surface area contributed by atoms with Gasteiger partial charge in [-0.3, -0.25) is 0 Å². The molecule has 21 heavy (non-hydrogen) atoms. The van der Waals surface area contributed by atoms with Crippen LogP contribution in [-0.2, 0) is 14.4 Å². The van der Waals surface area contributed by atoms with E-state index in [1.807, 2.05) is 0 Å². The van der Waals surface area contributed by atoms with Crippen LogP contribution in [0.5, 0.6) is 0 Å². The summed E-state index contributed by atoms with van der Waals surface area (Å²) in [5.41, 5.74) is -4.71. The Morgan fingerprint density at radius 3 is 0.952 bits per heavy atom. The summed E-state index contributed by atoms with van der Waals surface area (Å²) in [6, 6.07) is 0. The summed E-state index contributed by atoms with van der Waals surface area (Å²) in [5, 5.41) is 0. The quantitative estimate of drug-likeness (QED) is 0.546. The monoisotopic (exact) mass is 303 g/mol. The number of carbonyl (C=O) groups excluding carboxylic acids is 3. The van der Waals surface area contributed by atoms with Gasteiger partial charge >= 0.3 is 35.0 Å². The zero-order chi connectivity index (χ0) is 16.3. The number of hydrogen-bond acceptors (Lipinski definition) is 9. The molecule has 12 heteroatoms. The van der Waals surface area contributed by atoms with Gasteiger partial charge in [0, 0.05) is 20.8 Å². The van der Waals surface area contributed by atoms with E-state index in [4.69, 9.17) is 0 Å². The van der Waals surface area contributed by atoms with Crippen molar-refractivity contribution >= 4 is 17.9 Å². The predicted molar refractivity (Wildman–Crippen MR) is 61.0 cm³/mol. The minimum absolute atomic E-state index is 0.213. The third kappa shape index (κ3) is 3.43. The molecule has 0 atom stereocenters. The molecule has 1 heterocycles. The van der Waals surface area contributed by atoms with E-state index in [2.05, 4.69) is 14.5 Å². The van der Waals surface area contributed by atoms with E-state index >= 15 is 0 Å². The third-order valence-electron chi connectivity index (χ3n) is 1.70. The molecule has 0 unspecified atom stereocenters. The van der Waals surface area contributed by atoms with E-state index in [0.29, 0.717) is 0 Å². The Labute approximate surface area is 114 Å². The largest absolute Gasteiger partial charge is 0.405 e. The average molecular weight is 303 g/mol. The van der Waals surface area contributed by atoms with Crippen molar-refractivity contribution in [2.24, 2.45) is 0 Å². The molecule has 0 N–H and O–H groups in total. The fraction of sp³-hybridized carbons (Fsp3) is 0.333. The molecule has 0 bridgehead atoms. The van der Waals surface area contributed by atoms with Crippen molar-refractivity contribution in [1.29, 1.82) is 0 Å². The fourth-order valence-electron chi connectivity index (χ4n) is 1.11. The highest BCUT2D eigenvalue weighted by Gasteiger charge is 2.21. The van der Waals surface area contributed by atoms with Crippen molar-refractivity contribution in [3.63, 3.8) is 0 Å². The molecule has 12 nitrogen and oxygen atoms in total. The van der Waals surface area contributed by atoms with Crippen molar-refractivity contribution in [2.45, 2.75) is 20.8 Å². The molecule has 0 aliphatic carbocycles. The molecular weight excluding hydrogens is 294 g/mol. The molecule has 0 aliphatic heterocycles. The fourth-order valence-corrected chi connectivity index (χ4v) is 1.11. The van der Waals surface area contributed by atoms with Gasteiger partial charge in [0.1, 0.15) is 0 Å². The summed E-state index contributed by atoms with van der Waals surface area (Å²) in [6.07, 6.45) is 0. The minimum atomic E-state index is -1.57. The molecule has 0 radical (unpaired) electrons. The molecule has 0 fully saturated rings. The van der Waals surface area contributed by atoms with Crippen molar-refractivity contribution in [3.8, 4) is 0 Å². The van der Waals surface area contributed by atoms with E-state index in [0.717, 1.165) is 20.8 Å². The molecule has 1 aromatic heterocycles. The van der Waals surface area contributed by atoms with Crippen molar-refractivity contribution in [2.75, 3.05) is 0 Å². The molecule has 0 amide bonds. The maximum absolute atomic E-state index is 11.7. The highest BCUT2D eigenvalue weighted by Crippen LogP contribution is 1.73. The zero-order valence-corrected chi connectivity index (χ0v) is 11.0. The SMILES string of the molecule is CC(=O)On1c(=O)n(OC(C)=O)c(=O)n(OC(C)=O)c1=O. The second kappa shape index (κ2) is 5.85. The van der Waals surface area contributed by atoms with Gasteiger partial charge in [0.2, 0.25) is 0 Å². The topological polar surface area (TPSA) is 145 Å². The molecule has 1 aromatic rings. The Morgan fingerprint density at radius 1 is 0.619 bits per heavy atom. The first kappa shape index (κ1) is 15.9. The normalized spacial score (nSPS) is 9.86. The average Bonchev–Trinajstić information content (AvgIpc) is 2.35. The van der Waals surface area contributed by atoms with Gasteiger partial charge in [-0.15, -0.1) is 0 Å². The molecule has 0 saturated carbocycles. The Kier molecular flexibility index (Phi) is 4.42. The van der Waals surface area contributed by atoms with Crippen LogP contribution in [0.25, 0.3) is 0 Å². The van der Waals surface area contributed by atoms with Crippen LogP contribution in [-0.4, -0.2) is 32.1 Å². The molecular formula is C9H9N3O9. The first-order valence-electron chi connectivity index (χ1n) is 5.23. The van der Waals surface area contributed by atoms with Crippen LogP contribution in [0.15, 0.2) is 14.4 Å². The van der Waals surface area contributed by atoms with Crippen LogP contribution in [0.1, 0.15) is 20.8 Å². The maximum Gasteiger partial charge on any atom is 0.405 e. The lowest BCUT2D eigenvalue weighted by Gasteiger charge is -2.10. The van der Waals surface area contributed by atoms with E-state index < -0.39 is 35.0 Å². The molecule has 0 saturated heterocycles. The first-order valence-corrected chi connectivity index (χ1v) is 5.23. The summed E-state index contributed by atoms with van der Waals surface area (Å²) in [6.45, 7) is 2.59. The van der Waals surface area contributed by atoms with Crippen LogP contribution in [0, 0.1) is 0 Å². The summed E-state index contributed by atoms with van der Waals surface area (Å²) in [5.74, 6) is -3.26. The standard InChI is InChI=1S/C9H9N3O9/c1-4(13)19-10-7(16)11(20-5(2)14)9(18)12(8(10)17)21-6(3)15/h1-3H3. The van der Waals surface area contributed by atoms with Crippen LogP contribution in [0.2, 0.25) is 0 Å². The summed E-state index contributed by atoms with van der Waals surface area (Å²) in [4.78, 5) is 80.5. The highest BCUT2D eigenvalue weighted by molar-refractivity contribution is 5.67. The number of carbonyl (C=O) groups is 3. The van der Waals surface area contributed by atoms with Gasteiger partial charge in [-0.1, -0.05) is 14.2 Å². The molecule has 0 aliphatic rings. The molecule has 1 rings (SSSR count). The van der Waals surface area contributed by atoms with Crippen LogP contribution < -0.4 is 31.6 Å². The van der Waals surface area contributed by atoms with Crippen LogP contribution in [0.4, 0.5) is 0 Å². The van der Waals surface area contributed by atoms with E-state index in [-0.39, 0.29) is 14.2 Å². The summed E-state index contributed by atoms with van der Waals surface area (Å²) in [7, 11) is 0. The second-order valence-electron chi connectivity index (χ2n) is 3.48. The summed E-state index contributed by atoms with van der Waals surface area (Å²) >= 11 is 0. The Bertz CT molecular complexity index is 646. The summed E-state index contributed by atoms with van der Waals surface area (Å²) < 4.78 is -0.638. The number of hydrogen-bond donors (Lipinski definition) is 0. The lowest BCUT2D eigenvalue weighted by molar-refractivity contribution is -0.150. The van der Waals surface area contributed by atoms with Crippen molar-refractivity contribution in [3.05, 3.63) is 31.5 Å². The zero-order valence-electron chi connectivity index (χ0n) is 11.0. The number of aromatic nitrogens is 3. The van der Waals surface area contributed by atoms with Gasteiger partial charge in [0.05, 0.1) is 0 Å². The maximum atomic E-state index is 11.7. The third-order valence-corrected chi connectivity index (χ3v) is 1.70. The van der Waals surface area contributed by atoms with E-state index in [9.17, 15) is 28.8 Å². The van der Waals surface area contributed by atoms with Crippen molar-refractivity contribution in [1.82, 2.24) is 14.2 Å². The van der Waals surface area contributed by atoms with Crippen molar-refractivity contribution < 1.29 is 28.9 Å². The lowest BCUT2D eigenvalue weighted by atomic mass is 10.8. The van der Waals surface area contributed by atoms with Crippen LogP contribution >= 0.6 is 0 Å². The molecule has 0 aromatic carbocycles.